The molecule has 0 heterocycles. The fourth-order valence-corrected chi connectivity index (χ4v) is 0.858. The lowest BCUT2D eigenvalue weighted by atomic mass is 10.3. The van der Waals surface area contributed by atoms with Crippen LogP contribution in [0.5, 0.6) is 0 Å². The van der Waals surface area contributed by atoms with Gasteiger partial charge in [-0.25, -0.2) is 0 Å². The summed E-state index contributed by atoms with van der Waals surface area (Å²) in [5.41, 5.74) is 0. The minimum absolute atomic E-state index is 0.500. The molecular weight excluding hydrogens is 126 g/mol. The van der Waals surface area contributed by atoms with E-state index in [4.69, 9.17) is 4.84 Å². The van der Waals surface area contributed by atoms with E-state index in [1.165, 1.54) is 0 Å². The van der Waals surface area contributed by atoms with Crippen molar-refractivity contribution in [1.29, 1.82) is 0 Å². The lowest BCUT2D eigenvalue weighted by Gasteiger charge is -2.24. The molecule has 62 valence electrons. The van der Waals surface area contributed by atoms with E-state index >= 15 is 0 Å². The van der Waals surface area contributed by atoms with Gasteiger partial charge in [0.1, 0.15) is 0 Å². The summed E-state index contributed by atoms with van der Waals surface area (Å²) in [6.45, 7) is 10.3. The van der Waals surface area contributed by atoms with Crippen LogP contribution in [0.25, 0.3) is 0 Å². The predicted molar refractivity (Wildman–Crippen MR) is 43.8 cm³/mol. The van der Waals surface area contributed by atoms with Crippen LogP contribution < -0.4 is 0 Å². The summed E-state index contributed by atoms with van der Waals surface area (Å²) >= 11 is 0. The van der Waals surface area contributed by atoms with Crippen LogP contribution in [0.15, 0.2) is 0 Å². The van der Waals surface area contributed by atoms with Crippen LogP contribution >= 0.6 is 0 Å². The number of hydrogen-bond acceptors (Lipinski definition) is 2. The molecule has 0 aromatic rings. The molecule has 10 heavy (non-hydrogen) atoms. The first kappa shape index (κ1) is 9.92. The monoisotopic (exact) mass is 145 g/mol. The summed E-state index contributed by atoms with van der Waals surface area (Å²) in [6, 6.07) is 0.500. The van der Waals surface area contributed by atoms with Crippen molar-refractivity contribution in [3.8, 4) is 0 Å². The highest BCUT2D eigenvalue weighted by Gasteiger charge is 2.06. The Hall–Kier alpha value is -0.0800. The lowest BCUT2D eigenvalue weighted by Crippen LogP contribution is -2.31. The third kappa shape index (κ3) is 3.85. The van der Waals surface area contributed by atoms with Gasteiger partial charge in [-0.05, 0) is 27.2 Å². The van der Waals surface area contributed by atoms with Crippen LogP contribution in [-0.2, 0) is 4.84 Å². The highest BCUT2D eigenvalue weighted by molar-refractivity contribution is 4.50. The zero-order valence-corrected chi connectivity index (χ0v) is 7.55. The third-order valence-electron chi connectivity index (χ3n) is 1.31. The maximum Gasteiger partial charge on any atom is 0.0657 e. The molecule has 0 atom stereocenters. The minimum Gasteiger partial charge on any atom is -0.299 e. The summed E-state index contributed by atoms with van der Waals surface area (Å²) in [6.07, 6.45) is 1.15. The largest absolute Gasteiger partial charge is 0.299 e. The molecule has 0 unspecified atom stereocenters. The van der Waals surface area contributed by atoms with Gasteiger partial charge in [-0.15, -0.1) is 0 Å². The second kappa shape index (κ2) is 5.69. The molecule has 0 aliphatic rings. The molecule has 0 amide bonds. The zero-order valence-electron chi connectivity index (χ0n) is 7.55. The summed E-state index contributed by atoms with van der Waals surface area (Å²) in [5, 5.41) is 2.03. The van der Waals surface area contributed by atoms with E-state index < -0.39 is 0 Å². The van der Waals surface area contributed by atoms with Crippen LogP contribution in [0.3, 0.4) is 0 Å². The van der Waals surface area contributed by atoms with Crippen molar-refractivity contribution >= 4 is 0 Å². The van der Waals surface area contributed by atoms with Crippen LogP contribution in [0, 0.1) is 0 Å². The standard InChI is InChI=1S/C8H19NO/c1-5-7-9(8(3)4)10-6-2/h8H,5-7H2,1-4H3. The van der Waals surface area contributed by atoms with E-state index in [-0.39, 0.29) is 0 Å². The van der Waals surface area contributed by atoms with Crippen molar-refractivity contribution in [3.05, 3.63) is 0 Å². The smallest absolute Gasteiger partial charge is 0.0657 e. The second-order valence-electron chi connectivity index (χ2n) is 2.65. The normalized spacial score (nSPS) is 11.4. The van der Waals surface area contributed by atoms with E-state index in [1.54, 1.807) is 0 Å². The topological polar surface area (TPSA) is 12.5 Å². The molecule has 0 aliphatic heterocycles. The first-order valence-corrected chi connectivity index (χ1v) is 4.11. The SMILES string of the molecule is CCCN(OCC)C(C)C. The molecule has 2 nitrogen and oxygen atoms in total. The van der Waals surface area contributed by atoms with E-state index in [0.29, 0.717) is 6.04 Å². The molecule has 0 saturated heterocycles. The summed E-state index contributed by atoms with van der Waals surface area (Å²) in [7, 11) is 0. The Kier molecular flexibility index (Phi) is 5.64. The molecular formula is C8H19NO. The number of nitrogens with zero attached hydrogens (tertiary/aromatic N) is 1. The van der Waals surface area contributed by atoms with Crippen LogP contribution in [-0.4, -0.2) is 24.3 Å². The summed E-state index contributed by atoms with van der Waals surface area (Å²) in [5.74, 6) is 0. The second-order valence-corrected chi connectivity index (χ2v) is 2.65. The predicted octanol–water partition coefficient (Wildman–Crippen LogP) is 2.06. The van der Waals surface area contributed by atoms with Crippen molar-refractivity contribution in [2.45, 2.75) is 40.2 Å². The summed E-state index contributed by atoms with van der Waals surface area (Å²) < 4.78 is 0. The molecule has 0 aliphatic carbocycles. The molecule has 0 spiro atoms. The van der Waals surface area contributed by atoms with Crippen molar-refractivity contribution in [2.75, 3.05) is 13.2 Å². The molecule has 0 fully saturated rings. The number of rotatable bonds is 5. The Bertz CT molecular complexity index is 67.7. The minimum atomic E-state index is 0.500. The number of hydrogen-bond donors (Lipinski definition) is 0. The van der Waals surface area contributed by atoms with Gasteiger partial charge in [-0.2, -0.15) is 5.06 Å². The molecule has 0 radical (unpaired) electrons. The highest BCUT2D eigenvalue weighted by atomic mass is 16.7. The first-order chi connectivity index (χ1) is 4.72. The average molecular weight is 145 g/mol. The number of hydroxylamine groups is 2. The maximum absolute atomic E-state index is 5.38. The Labute approximate surface area is 64.1 Å². The Morgan fingerprint density at radius 2 is 1.90 bits per heavy atom. The molecule has 0 N–H and O–H groups in total. The van der Waals surface area contributed by atoms with Gasteiger partial charge in [0, 0.05) is 12.6 Å². The van der Waals surface area contributed by atoms with Gasteiger partial charge in [0.05, 0.1) is 6.61 Å². The van der Waals surface area contributed by atoms with Gasteiger partial charge in [0.25, 0.3) is 0 Å². The van der Waals surface area contributed by atoms with Crippen molar-refractivity contribution in [1.82, 2.24) is 5.06 Å². The van der Waals surface area contributed by atoms with Gasteiger partial charge in [-0.1, -0.05) is 6.92 Å². The van der Waals surface area contributed by atoms with Crippen LogP contribution in [0.1, 0.15) is 34.1 Å². The quantitative estimate of drug-likeness (QED) is 0.549. The van der Waals surface area contributed by atoms with E-state index in [1.807, 2.05) is 12.0 Å². The zero-order chi connectivity index (χ0) is 7.98. The highest BCUT2D eigenvalue weighted by Crippen LogP contribution is 1.99. The van der Waals surface area contributed by atoms with Gasteiger partial charge < -0.3 is 0 Å². The fraction of sp³-hybridized carbons (Fsp3) is 1.00. The Balaban J connectivity index is 3.50. The first-order valence-electron chi connectivity index (χ1n) is 4.11. The molecule has 0 aromatic carbocycles. The van der Waals surface area contributed by atoms with Crippen molar-refractivity contribution < 1.29 is 4.84 Å². The van der Waals surface area contributed by atoms with Gasteiger partial charge in [-0.3, -0.25) is 4.84 Å². The molecule has 2 heteroatoms. The van der Waals surface area contributed by atoms with Gasteiger partial charge in [0.15, 0.2) is 0 Å². The Morgan fingerprint density at radius 3 is 2.20 bits per heavy atom. The maximum atomic E-state index is 5.38. The third-order valence-corrected chi connectivity index (χ3v) is 1.31. The molecule has 0 bridgehead atoms. The molecule has 0 saturated carbocycles. The average Bonchev–Trinajstić information content (AvgIpc) is 1.87. The van der Waals surface area contributed by atoms with E-state index in [0.717, 1.165) is 19.6 Å². The fourth-order valence-electron chi connectivity index (χ4n) is 0.858. The summed E-state index contributed by atoms with van der Waals surface area (Å²) in [4.78, 5) is 5.38. The molecule has 0 rings (SSSR count). The van der Waals surface area contributed by atoms with Crippen molar-refractivity contribution in [2.24, 2.45) is 0 Å². The van der Waals surface area contributed by atoms with Crippen LogP contribution in [0.2, 0.25) is 0 Å². The Morgan fingerprint density at radius 1 is 1.30 bits per heavy atom. The van der Waals surface area contributed by atoms with Gasteiger partial charge in [0.2, 0.25) is 0 Å². The lowest BCUT2D eigenvalue weighted by molar-refractivity contribution is -0.175. The van der Waals surface area contributed by atoms with E-state index in [2.05, 4.69) is 20.8 Å². The van der Waals surface area contributed by atoms with Gasteiger partial charge >= 0.3 is 0 Å². The van der Waals surface area contributed by atoms with Crippen molar-refractivity contribution in [3.63, 3.8) is 0 Å². The molecule has 0 aromatic heterocycles. The van der Waals surface area contributed by atoms with E-state index in [9.17, 15) is 0 Å². The van der Waals surface area contributed by atoms with Crippen LogP contribution in [0.4, 0.5) is 0 Å².